The Morgan fingerprint density at radius 1 is 1.37 bits per heavy atom. The fourth-order valence-electron chi connectivity index (χ4n) is 1.37. The maximum atomic E-state index is 13.4. The highest BCUT2D eigenvalue weighted by atomic mass is 79.9. The van der Waals surface area contributed by atoms with Crippen LogP contribution in [-0.4, -0.2) is 16.5 Å². The summed E-state index contributed by atoms with van der Waals surface area (Å²) in [6.45, 7) is 2.68. The predicted molar refractivity (Wildman–Crippen MR) is 75.4 cm³/mol. The molecule has 0 spiro atoms. The lowest BCUT2D eigenvalue weighted by atomic mass is 10.3. The number of ether oxygens (including phenoxy) is 1. The van der Waals surface area contributed by atoms with Gasteiger partial charge in [-0.3, -0.25) is 0 Å². The minimum atomic E-state index is -0.555. The predicted octanol–water partition coefficient (Wildman–Crippen LogP) is 4.26. The first kappa shape index (κ1) is 14.0. The number of benzene rings is 1. The van der Waals surface area contributed by atoms with Gasteiger partial charge in [-0.2, -0.15) is 0 Å². The van der Waals surface area contributed by atoms with Crippen LogP contribution in [0.1, 0.15) is 6.92 Å². The molecule has 1 aromatic carbocycles. The number of aromatic nitrogens is 2. The SMILES string of the molecule is CCNc1cc(Oc2cc(F)c(Cl)cc2Br)ncn1. The third kappa shape index (κ3) is 3.54. The number of hydrogen-bond donors (Lipinski definition) is 1. The van der Waals surface area contributed by atoms with Gasteiger partial charge in [0.1, 0.15) is 23.7 Å². The lowest BCUT2D eigenvalue weighted by Gasteiger charge is -2.09. The topological polar surface area (TPSA) is 47.0 Å². The van der Waals surface area contributed by atoms with Gasteiger partial charge in [-0.25, -0.2) is 14.4 Å². The van der Waals surface area contributed by atoms with Crippen LogP contribution < -0.4 is 10.1 Å². The summed E-state index contributed by atoms with van der Waals surface area (Å²) in [6.07, 6.45) is 1.37. The Kier molecular flexibility index (Phi) is 4.55. The van der Waals surface area contributed by atoms with Crippen molar-refractivity contribution in [2.45, 2.75) is 6.92 Å². The molecule has 0 aliphatic heterocycles. The fraction of sp³-hybridized carbons (Fsp3) is 0.167. The van der Waals surface area contributed by atoms with Crippen LogP contribution >= 0.6 is 27.5 Å². The summed E-state index contributed by atoms with van der Waals surface area (Å²) < 4.78 is 19.4. The molecule has 7 heteroatoms. The minimum Gasteiger partial charge on any atom is -0.438 e. The average molecular weight is 347 g/mol. The van der Waals surface area contributed by atoms with Gasteiger partial charge < -0.3 is 10.1 Å². The normalized spacial score (nSPS) is 10.3. The Bertz CT molecular complexity index is 597. The number of nitrogens with one attached hydrogen (secondary N) is 1. The third-order valence-corrected chi connectivity index (χ3v) is 3.10. The molecule has 0 saturated carbocycles. The highest BCUT2D eigenvalue weighted by Crippen LogP contribution is 2.33. The number of rotatable bonds is 4. The van der Waals surface area contributed by atoms with Crippen LogP contribution in [0.15, 0.2) is 29.0 Å². The molecule has 0 radical (unpaired) electrons. The van der Waals surface area contributed by atoms with Gasteiger partial charge in [0.05, 0.1) is 9.50 Å². The van der Waals surface area contributed by atoms with Crippen LogP contribution in [-0.2, 0) is 0 Å². The smallest absolute Gasteiger partial charge is 0.224 e. The molecule has 0 unspecified atom stereocenters. The van der Waals surface area contributed by atoms with E-state index in [2.05, 4.69) is 31.2 Å². The van der Waals surface area contributed by atoms with Crippen LogP contribution in [0, 0.1) is 5.82 Å². The summed E-state index contributed by atoms with van der Waals surface area (Å²) in [5.41, 5.74) is 0. The number of halogens is 3. The van der Waals surface area contributed by atoms with Crippen LogP contribution in [0.5, 0.6) is 11.6 Å². The van der Waals surface area contributed by atoms with Crippen molar-refractivity contribution in [3.63, 3.8) is 0 Å². The molecule has 1 N–H and O–H groups in total. The van der Waals surface area contributed by atoms with Crippen LogP contribution in [0.4, 0.5) is 10.2 Å². The highest BCUT2D eigenvalue weighted by Gasteiger charge is 2.10. The third-order valence-electron chi connectivity index (χ3n) is 2.19. The molecule has 2 rings (SSSR count). The van der Waals surface area contributed by atoms with Crippen molar-refractivity contribution >= 4 is 33.3 Å². The molecule has 0 aliphatic rings. The van der Waals surface area contributed by atoms with E-state index in [-0.39, 0.29) is 5.02 Å². The molecule has 100 valence electrons. The lowest BCUT2D eigenvalue weighted by Crippen LogP contribution is -2.00. The molecule has 4 nitrogen and oxygen atoms in total. The molecular formula is C12H10BrClFN3O. The summed E-state index contributed by atoms with van der Waals surface area (Å²) in [6, 6.07) is 4.25. The first-order valence-corrected chi connectivity index (χ1v) is 6.65. The number of nitrogens with zero attached hydrogens (tertiary/aromatic N) is 2. The number of hydrogen-bond acceptors (Lipinski definition) is 4. The summed E-state index contributed by atoms with van der Waals surface area (Å²) in [7, 11) is 0. The Morgan fingerprint density at radius 3 is 2.89 bits per heavy atom. The van der Waals surface area contributed by atoms with Gasteiger partial charge in [0.2, 0.25) is 5.88 Å². The van der Waals surface area contributed by atoms with E-state index in [1.54, 1.807) is 6.07 Å². The fourth-order valence-corrected chi connectivity index (χ4v) is 2.09. The van der Waals surface area contributed by atoms with E-state index < -0.39 is 5.82 Å². The molecule has 0 fully saturated rings. The van der Waals surface area contributed by atoms with Gasteiger partial charge in [-0.15, -0.1) is 0 Å². The molecular weight excluding hydrogens is 337 g/mol. The maximum absolute atomic E-state index is 13.4. The molecule has 1 heterocycles. The van der Waals surface area contributed by atoms with Crippen molar-refractivity contribution in [1.29, 1.82) is 0 Å². The molecule has 0 bridgehead atoms. The average Bonchev–Trinajstić information content (AvgIpc) is 2.37. The van der Waals surface area contributed by atoms with E-state index in [1.165, 1.54) is 18.5 Å². The Hall–Kier alpha value is -1.40. The van der Waals surface area contributed by atoms with Crippen molar-refractivity contribution in [2.75, 3.05) is 11.9 Å². The van der Waals surface area contributed by atoms with Gasteiger partial charge in [-0.05, 0) is 28.9 Å². The van der Waals surface area contributed by atoms with E-state index in [4.69, 9.17) is 16.3 Å². The molecule has 0 aliphatic carbocycles. The molecule has 1 aromatic heterocycles. The number of anilines is 1. The van der Waals surface area contributed by atoms with E-state index in [9.17, 15) is 4.39 Å². The largest absolute Gasteiger partial charge is 0.438 e. The first-order valence-electron chi connectivity index (χ1n) is 5.48. The van der Waals surface area contributed by atoms with Crippen molar-refractivity contribution in [1.82, 2.24) is 9.97 Å². The highest BCUT2D eigenvalue weighted by molar-refractivity contribution is 9.10. The molecule has 0 saturated heterocycles. The van der Waals surface area contributed by atoms with Gasteiger partial charge in [0, 0.05) is 18.7 Å². The quantitative estimate of drug-likeness (QED) is 0.841. The second-order valence-corrected chi connectivity index (χ2v) is 4.83. The lowest BCUT2D eigenvalue weighted by molar-refractivity contribution is 0.454. The Morgan fingerprint density at radius 2 is 2.16 bits per heavy atom. The molecule has 0 amide bonds. The summed E-state index contributed by atoms with van der Waals surface area (Å²) in [4.78, 5) is 7.98. The summed E-state index contributed by atoms with van der Waals surface area (Å²) in [5.74, 6) is 0.690. The van der Waals surface area contributed by atoms with Crippen molar-refractivity contribution in [3.8, 4) is 11.6 Å². The Labute approximate surface area is 123 Å². The Balaban J connectivity index is 2.25. The van der Waals surface area contributed by atoms with E-state index in [1.807, 2.05) is 6.92 Å². The van der Waals surface area contributed by atoms with Crippen molar-refractivity contribution in [3.05, 3.63) is 39.8 Å². The standard InChI is InChI=1S/C12H10BrClFN3O/c1-2-16-11-5-12(18-6-17-11)19-10-4-9(15)8(14)3-7(10)13/h3-6H,2H2,1H3,(H,16,17,18). The summed E-state index contributed by atoms with van der Waals surface area (Å²) in [5, 5.41) is 3.05. The van der Waals surface area contributed by atoms with E-state index in [0.29, 0.717) is 21.9 Å². The van der Waals surface area contributed by atoms with Gasteiger partial charge in [0.25, 0.3) is 0 Å². The molecule has 19 heavy (non-hydrogen) atoms. The second kappa shape index (κ2) is 6.16. The zero-order chi connectivity index (χ0) is 13.8. The zero-order valence-corrected chi connectivity index (χ0v) is 12.3. The van der Waals surface area contributed by atoms with Crippen molar-refractivity contribution < 1.29 is 9.13 Å². The minimum absolute atomic E-state index is 0.0234. The van der Waals surface area contributed by atoms with E-state index >= 15 is 0 Å². The van der Waals surface area contributed by atoms with Gasteiger partial charge in [-0.1, -0.05) is 11.6 Å². The monoisotopic (exact) mass is 345 g/mol. The van der Waals surface area contributed by atoms with Crippen LogP contribution in [0.25, 0.3) is 0 Å². The van der Waals surface area contributed by atoms with Crippen molar-refractivity contribution in [2.24, 2.45) is 0 Å². The molecule has 2 aromatic rings. The van der Waals surface area contributed by atoms with Crippen LogP contribution in [0.2, 0.25) is 5.02 Å². The maximum Gasteiger partial charge on any atom is 0.224 e. The molecule has 0 atom stereocenters. The van der Waals surface area contributed by atoms with Gasteiger partial charge in [0.15, 0.2) is 0 Å². The zero-order valence-electron chi connectivity index (χ0n) is 9.95. The van der Waals surface area contributed by atoms with Gasteiger partial charge >= 0.3 is 0 Å². The van der Waals surface area contributed by atoms with E-state index in [0.717, 1.165) is 6.54 Å². The first-order chi connectivity index (χ1) is 9.10. The van der Waals surface area contributed by atoms with Crippen LogP contribution in [0.3, 0.4) is 0 Å². The summed E-state index contributed by atoms with van der Waals surface area (Å²) >= 11 is 8.91. The second-order valence-electron chi connectivity index (χ2n) is 3.57.